The minimum absolute atomic E-state index is 0.00222. The lowest BCUT2D eigenvalue weighted by Crippen LogP contribution is -2.14. The normalized spacial score (nSPS) is 13.8. The van der Waals surface area contributed by atoms with E-state index in [2.05, 4.69) is 25.6 Å². The molecule has 4 aromatic rings. The monoisotopic (exact) mass is 425 g/mol. The third-order valence-corrected chi connectivity index (χ3v) is 5.00. The van der Waals surface area contributed by atoms with Crippen molar-refractivity contribution in [3.05, 3.63) is 36.7 Å². The molecular formula is C21H17F2N5O3. The van der Waals surface area contributed by atoms with Gasteiger partial charge in [-0.15, -0.1) is 0 Å². The molecular weight excluding hydrogens is 408 g/mol. The van der Waals surface area contributed by atoms with Gasteiger partial charge in [-0.3, -0.25) is 4.79 Å². The number of carbonyl (C=O) groups excluding carboxylic acids is 1. The fourth-order valence-corrected chi connectivity index (χ4v) is 3.29. The molecule has 0 bridgehead atoms. The third-order valence-electron chi connectivity index (χ3n) is 5.00. The number of oxazole rings is 1. The third kappa shape index (κ3) is 3.83. The zero-order valence-corrected chi connectivity index (χ0v) is 16.1. The first-order chi connectivity index (χ1) is 15.0. The van der Waals surface area contributed by atoms with Crippen molar-refractivity contribution in [2.24, 2.45) is 5.92 Å². The summed E-state index contributed by atoms with van der Waals surface area (Å²) in [7, 11) is 0. The van der Waals surface area contributed by atoms with Gasteiger partial charge in [0.2, 0.25) is 11.8 Å². The maximum Gasteiger partial charge on any atom is 0.255 e. The highest BCUT2D eigenvalue weighted by Crippen LogP contribution is 2.35. The van der Waals surface area contributed by atoms with E-state index in [0.717, 1.165) is 12.8 Å². The van der Waals surface area contributed by atoms with Gasteiger partial charge >= 0.3 is 0 Å². The summed E-state index contributed by atoms with van der Waals surface area (Å²) in [6.07, 6.45) is 2.09. The van der Waals surface area contributed by atoms with Crippen LogP contribution in [0.4, 0.5) is 20.4 Å². The van der Waals surface area contributed by atoms with Crippen LogP contribution in [0.5, 0.6) is 5.75 Å². The van der Waals surface area contributed by atoms with E-state index < -0.39 is 13.0 Å². The zero-order valence-electron chi connectivity index (χ0n) is 16.1. The Morgan fingerprint density at radius 1 is 1.19 bits per heavy atom. The number of nitrogens with zero attached hydrogens (tertiary/aromatic N) is 3. The van der Waals surface area contributed by atoms with E-state index in [1.807, 2.05) is 0 Å². The average Bonchev–Trinajstić information content (AvgIpc) is 3.51. The Labute approximate surface area is 174 Å². The average molecular weight is 425 g/mol. The summed E-state index contributed by atoms with van der Waals surface area (Å²) in [5.74, 6) is 0.768. The van der Waals surface area contributed by atoms with Gasteiger partial charge in [0.15, 0.2) is 5.58 Å². The number of anilines is 2. The van der Waals surface area contributed by atoms with Gasteiger partial charge in [0.1, 0.15) is 22.9 Å². The lowest BCUT2D eigenvalue weighted by Gasteiger charge is -2.12. The number of amides is 1. The van der Waals surface area contributed by atoms with Crippen LogP contribution in [0, 0.1) is 5.92 Å². The highest BCUT2D eigenvalue weighted by molar-refractivity contribution is 6.03. The highest BCUT2D eigenvalue weighted by Gasteiger charge is 2.30. The van der Waals surface area contributed by atoms with Crippen molar-refractivity contribution in [1.82, 2.24) is 15.0 Å². The van der Waals surface area contributed by atoms with Crippen molar-refractivity contribution >= 4 is 39.4 Å². The molecule has 0 atom stereocenters. The van der Waals surface area contributed by atoms with Crippen LogP contribution in [0.25, 0.3) is 33.3 Å². The Morgan fingerprint density at radius 2 is 2.03 bits per heavy atom. The van der Waals surface area contributed by atoms with Crippen molar-refractivity contribution in [3.63, 3.8) is 0 Å². The van der Waals surface area contributed by atoms with Gasteiger partial charge in [-0.05, 0) is 31.0 Å². The van der Waals surface area contributed by atoms with Crippen LogP contribution in [-0.2, 0) is 4.79 Å². The molecule has 1 aromatic carbocycles. The molecule has 1 fully saturated rings. The number of pyridine rings is 2. The summed E-state index contributed by atoms with van der Waals surface area (Å²) in [5.41, 5.74) is 1.43. The Kier molecular flexibility index (Phi) is 4.61. The minimum atomic E-state index is -2.55. The standard InChI is InChI=1S/C21H17F2N5O3/c22-17(23)9-26-19-13-7-24-18(28-20(30)10-1-2-10)6-12(13)14(8-25-19)21-27-15-5-11(29)3-4-16(15)31-21/h3-8,10,17,29H,1-2,9H2,(H,25,26)(H,24,28,30). The van der Waals surface area contributed by atoms with Crippen LogP contribution >= 0.6 is 0 Å². The van der Waals surface area contributed by atoms with Gasteiger partial charge in [0.25, 0.3) is 6.43 Å². The van der Waals surface area contributed by atoms with Crippen molar-refractivity contribution in [3.8, 4) is 17.2 Å². The number of fused-ring (bicyclic) bond motifs is 2. The van der Waals surface area contributed by atoms with E-state index >= 15 is 0 Å². The van der Waals surface area contributed by atoms with E-state index in [1.165, 1.54) is 24.5 Å². The first-order valence-electron chi connectivity index (χ1n) is 9.69. The summed E-state index contributed by atoms with van der Waals surface area (Å²) >= 11 is 0. The van der Waals surface area contributed by atoms with Crippen LogP contribution in [0.2, 0.25) is 0 Å². The maximum absolute atomic E-state index is 12.7. The number of aromatic nitrogens is 3. The fraction of sp³-hybridized carbons (Fsp3) is 0.238. The smallest absolute Gasteiger partial charge is 0.255 e. The van der Waals surface area contributed by atoms with Gasteiger partial charge in [0, 0.05) is 35.2 Å². The van der Waals surface area contributed by atoms with E-state index in [9.17, 15) is 18.7 Å². The molecule has 1 aliphatic carbocycles. The number of phenolic OH excluding ortho intramolecular Hbond substituents is 1. The van der Waals surface area contributed by atoms with Gasteiger partial charge in [0.05, 0.1) is 12.1 Å². The van der Waals surface area contributed by atoms with Crippen LogP contribution in [0.3, 0.4) is 0 Å². The SMILES string of the molecule is O=C(Nc1cc2c(-c3nc4cc(O)ccc4o3)cnc(NCC(F)F)c2cn1)C1CC1. The number of hydrogen-bond donors (Lipinski definition) is 3. The first-order valence-corrected chi connectivity index (χ1v) is 9.69. The molecule has 0 aliphatic heterocycles. The Hall–Kier alpha value is -3.82. The molecule has 0 spiro atoms. The minimum Gasteiger partial charge on any atom is -0.508 e. The number of carbonyl (C=O) groups is 1. The summed E-state index contributed by atoms with van der Waals surface area (Å²) in [5, 5.41) is 16.1. The second-order valence-corrected chi connectivity index (χ2v) is 7.34. The first kappa shape index (κ1) is 19.2. The number of hydrogen-bond acceptors (Lipinski definition) is 7. The van der Waals surface area contributed by atoms with Gasteiger partial charge < -0.3 is 20.2 Å². The van der Waals surface area contributed by atoms with Crippen LogP contribution in [0.15, 0.2) is 41.1 Å². The van der Waals surface area contributed by atoms with Crippen molar-refractivity contribution in [1.29, 1.82) is 0 Å². The predicted octanol–water partition coefficient (Wildman–Crippen LogP) is 4.17. The molecule has 3 N–H and O–H groups in total. The molecule has 0 radical (unpaired) electrons. The van der Waals surface area contributed by atoms with Crippen LogP contribution in [-0.4, -0.2) is 38.9 Å². The molecule has 0 unspecified atom stereocenters. The molecule has 10 heteroatoms. The number of halogens is 2. The molecule has 1 saturated carbocycles. The number of aromatic hydroxyl groups is 1. The Morgan fingerprint density at radius 3 is 2.81 bits per heavy atom. The van der Waals surface area contributed by atoms with E-state index in [1.54, 1.807) is 12.1 Å². The molecule has 5 rings (SSSR count). The number of benzene rings is 1. The summed E-state index contributed by atoms with van der Waals surface area (Å²) in [6.45, 7) is -0.566. The second-order valence-electron chi connectivity index (χ2n) is 7.34. The number of rotatable bonds is 6. The lowest BCUT2D eigenvalue weighted by molar-refractivity contribution is -0.117. The number of nitrogens with one attached hydrogen (secondary N) is 2. The molecule has 31 heavy (non-hydrogen) atoms. The summed E-state index contributed by atoms with van der Waals surface area (Å²) < 4.78 is 31.2. The van der Waals surface area contributed by atoms with Crippen LogP contribution < -0.4 is 10.6 Å². The lowest BCUT2D eigenvalue weighted by atomic mass is 10.1. The fourth-order valence-electron chi connectivity index (χ4n) is 3.29. The molecule has 3 heterocycles. The van der Waals surface area contributed by atoms with E-state index in [-0.39, 0.29) is 29.3 Å². The van der Waals surface area contributed by atoms with Crippen molar-refractivity contribution in [2.45, 2.75) is 19.3 Å². The molecule has 1 aliphatic rings. The highest BCUT2D eigenvalue weighted by atomic mass is 19.3. The quantitative estimate of drug-likeness (QED) is 0.425. The Bertz CT molecular complexity index is 1300. The van der Waals surface area contributed by atoms with Gasteiger partial charge in [-0.2, -0.15) is 0 Å². The molecule has 158 valence electrons. The number of phenols is 1. The largest absolute Gasteiger partial charge is 0.508 e. The van der Waals surface area contributed by atoms with E-state index in [0.29, 0.717) is 33.3 Å². The molecule has 8 nitrogen and oxygen atoms in total. The maximum atomic E-state index is 12.7. The second kappa shape index (κ2) is 7.46. The predicted molar refractivity (Wildman–Crippen MR) is 110 cm³/mol. The van der Waals surface area contributed by atoms with E-state index in [4.69, 9.17) is 4.42 Å². The number of alkyl halides is 2. The Balaban J connectivity index is 1.62. The molecule has 3 aromatic heterocycles. The topological polar surface area (TPSA) is 113 Å². The summed E-state index contributed by atoms with van der Waals surface area (Å²) in [4.78, 5) is 25.1. The van der Waals surface area contributed by atoms with Crippen LogP contribution in [0.1, 0.15) is 12.8 Å². The summed E-state index contributed by atoms with van der Waals surface area (Å²) in [6, 6.07) is 6.20. The van der Waals surface area contributed by atoms with Gasteiger partial charge in [-0.25, -0.2) is 23.7 Å². The van der Waals surface area contributed by atoms with Crippen molar-refractivity contribution < 1.29 is 23.1 Å². The molecule has 0 saturated heterocycles. The van der Waals surface area contributed by atoms with Crippen molar-refractivity contribution in [2.75, 3.05) is 17.2 Å². The zero-order chi connectivity index (χ0) is 21.5. The molecule has 1 amide bonds. The van der Waals surface area contributed by atoms with Gasteiger partial charge in [-0.1, -0.05) is 0 Å².